The number of halogens is 3. The van der Waals surface area contributed by atoms with Crippen LogP contribution in [-0.2, 0) is 14.3 Å². The van der Waals surface area contributed by atoms with Crippen LogP contribution in [0.2, 0.25) is 0 Å². The van der Waals surface area contributed by atoms with Gasteiger partial charge in [0.2, 0.25) is 0 Å². The van der Waals surface area contributed by atoms with E-state index in [4.69, 9.17) is 9.90 Å². The van der Waals surface area contributed by atoms with E-state index in [9.17, 15) is 18.0 Å². The van der Waals surface area contributed by atoms with Gasteiger partial charge in [-0.1, -0.05) is 0 Å². The lowest BCUT2D eigenvalue weighted by atomic mass is 10.7. The quantitative estimate of drug-likeness (QED) is 0.649. The Morgan fingerprint density at radius 2 is 1.69 bits per heavy atom. The minimum absolute atomic E-state index is 0.252. The van der Waals surface area contributed by atoms with E-state index in [0.29, 0.717) is 0 Å². The summed E-state index contributed by atoms with van der Waals surface area (Å²) in [5, 5.41) is 7.42. The van der Waals surface area contributed by atoms with Crippen LogP contribution in [0, 0.1) is 0 Å². The summed E-state index contributed by atoms with van der Waals surface area (Å²) in [6.07, 6.45) is -4.85. The molecule has 0 atom stereocenters. The van der Waals surface area contributed by atoms with E-state index in [1.54, 1.807) is 0 Å². The molecule has 0 aliphatic carbocycles. The number of carbonyl (C=O) groups is 2. The first-order valence-electron chi connectivity index (χ1n) is 3.15. The van der Waals surface area contributed by atoms with Gasteiger partial charge in [0.05, 0.1) is 6.61 Å². The number of carbonyl (C=O) groups excluding carboxylic acids is 1. The molecule has 1 N–H and O–H groups in total. The first-order valence-corrected chi connectivity index (χ1v) is 3.15. The predicted octanol–water partition coefficient (Wildman–Crippen LogP) is 1.20. The molecule has 0 aromatic rings. The molecular weight excluding hydrogens is 193 g/mol. The highest BCUT2D eigenvalue weighted by molar-refractivity contribution is 5.75. The van der Waals surface area contributed by atoms with Crippen LogP contribution in [-0.4, -0.2) is 29.8 Å². The fraction of sp³-hybridized carbons (Fsp3) is 0.667. The van der Waals surface area contributed by atoms with E-state index >= 15 is 0 Å². The Labute approximate surface area is 72.3 Å². The number of ether oxygens (including phenoxy) is 1. The van der Waals surface area contributed by atoms with Crippen molar-refractivity contribution in [3.8, 4) is 0 Å². The second kappa shape index (κ2) is 6.27. The zero-order valence-electron chi connectivity index (χ0n) is 7.01. The van der Waals surface area contributed by atoms with Gasteiger partial charge in [-0.2, -0.15) is 13.2 Å². The minimum Gasteiger partial charge on any atom is -0.481 e. The minimum atomic E-state index is -4.85. The summed E-state index contributed by atoms with van der Waals surface area (Å²) in [6.45, 7) is 2.14. The zero-order valence-corrected chi connectivity index (χ0v) is 7.01. The smallest absolute Gasteiger partial charge is 0.481 e. The van der Waals surface area contributed by atoms with Gasteiger partial charge in [0.25, 0.3) is 5.97 Å². The lowest BCUT2D eigenvalue weighted by Crippen LogP contribution is -2.25. The van der Waals surface area contributed by atoms with Crippen molar-refractivity contribution < 1.29 is 32.6 Å². The van der Waals surface area contributed by atoms with Crippen molar-refractivity contribution in [1.29, 1.82) is 0 Å². The molecule has 0 saturated heterocycles. The average molecular weight is 202 g/mol. The molecule has 0 aliphatic rings. The van der Waals surface area contributed by atoms with Crippen molar-refractivity contribution >= 4 is 11.9 Å². The van der Waals surface area contributed by atoms with E-state index in [-0.39, 0.29) is 6.61 Å². The van der Waals surface area contributed by atoms with E-state index in [0.717, 1.165) is 6.92 Å². The van der Waals surface area contributed by atoms with Crippen LogP contribution in [0.5, 0.6) is 0 Å². The van der Waals surface area contributed by atoms with Gasteiger partial charge >= 0.3 is 12.1 Å². The van der Waals surface area contributed by atoms with Crippen LogP contribution in [0.4, 0.5) is 13.2 Å². The third kappa shape index (κ3) is 13.7. The lowest BCUT2D eigenvalue weighted by Gasteiger charge is -2.02. The molecule has 0 aromatic carbocycles. The van der Waals surface area contributed by atoms with Crippen molar-refractivity contribution in [2.45, 2.75) is 20.0 Å². The summed E-state index contributed by atoms with van der Waals surface area (Å²) >= 11 is 0. The molecule has 0 aliphatic heterocycles. The highest BCUT2D eigenvalue weighted by Gasteiger charge is 2.40. The fourth-order valence-corrected chi connectivity index (χ4v) is 0.213. The van der Waals surface area contributed by atoms with E-state index < -0.39 is 18.1 Å². The van der Waals surface area contributed by atoms with Crippen molar-refractivity contribution in [3.63, 3.8) is 0 Å². The lowest BCUT2D eigenvalue weighted by molar-refractivity contribution is -0.199. The summed E-state index contributed by atoms with van der Waals surface area (Å²) in [6, 6.07) is 0. The summed E-state index contributed by atoms with van der Waals surface area (Å²) in [4.78, 5) is 18.7. The van der Waals surface area contributed by atoms with Crippen molar-refractivity contribution in [2.24, 2.45) is 0 Å². The Morgan fingerprint density at radius 3 is 1.77 bits per heavy atom. The maximum atomic E-state index is 11.2. The fourth-order valence-electron chi connectivity index (χ4n) is 0.213. The Kier molecular flexibility index (Phi) is 6.88. The Balaban J connectivity index is 0. The van der Waals surface area contributed by atoms with Crippen LogP contribution in [0.15, 0.2) is 0 Å². The number of aliphatic carboxylic acids is 1. The molecule has 0 fully saturated rings. The van der Waals surface area contributed by atoms with E-state index in [1.165, 1.54) is 6.92 Å². The van der Waals surface area contributed by atoms with Crippen molar-refractivity contribution in [3.05, 3.63) is 0 Å². The molecule has 0 amide bonds. The van der Waals surface area contributed by atoms with Gasteiger partial charge in [-0.3, -0.25) is 4.79 Å². The average Bonchev–Trinajstić information content (AvgIpc) is 1.84. The Bertz CT molecular complexity index is 171. The molecule has 13 heavy (non-hydrogen) atoms. The van der Waals surface area contributed by atoms with E-state index in [1.807, 2.05) is 0 Å². The van der Waals surface area contributed by atoms with Crippen LogP contribution >= 0.6 is 0 Å². The Morgan fingerprint density at radius 1 is 1.38 bits per heavy atom. The molecule has 0 heterocycles. The van der Waals surface area contributed by atoms with Crippen LogP contribution < -0.4 is 0 Å². The SMILES string of the molecule is CC(=O)O.CCOC(=O)C(F)(F)F. The summed E-state index contributed by atoms with van der Waals surface area (Å²) in [5.41, 5.74) is 0. The predicted molar refractivity (Wildman–Crippen MR) is 36.0 cm³/mol. The topological polar surface area (TPSA) is 63.6 Å². The van der Waals surface area contributed by atoms with Gasteiger partial charge in [-0.15, -0.1) is 0 Å². The van der Waals surface area contributed by atoms with Gasteiger partial charge in [-0.05, 0) is 6.92 Å². The maximum Gasteiger partial charge on any atom is 0.490 e. The number of alkyl halides is 3. The molecule has 0 spiro atoms. The number of carboxylic acids is 1. The first kappa shape index (κ1) is 14.3. The molecule has 0 saturated carbocycles. The number of esters is 1. The largest absolute Gasteiger partial charge is 0.490 e. The number of carboxylic acid groups (broad SMARTS) is 1. The Hall–Kier alpha value is -1.27. The van der Waals surface area contributed by atoms with Crippen molar-refractivity contribution in [1.82, 2.24) is 0 Å². The maximum absolute atomic E-state index is 11.2. The number of hydrogen-bond donors (Lipinski definition) is 1. The van der Waals surface area contributed by atoms with Crippen molar-refractivity contribution in [2.75, 3.05) is 6.61 Å². The monoisotopic (exact) mass is 202 g/mol. The summed E-state index contributed by atoms with van der Waals surface area (Å²) in [7, 11) is 0. The molecule has 7 heteroatoms. The zero-order chi connectivity index (χ0) is 11.1. The normalized spacial score (nSPS) is 9.62. The molecular formula is C6H9F3O4. The molecule has 0 radical (unpaired) electrons. The van der Waals surface area contributed by atoms with Gasteiger partial charge in [-0.25, -0.2) is 4.79 Å². The second-order valence-corrected chi connectivity index (χ2v) is 1.74. The van der Waals surface area contributed by atoms with Crippen LogP contribution in [0.1, 0.15) is 13.8 Å². The standard InChI is InChI=1S/C4H5F3O2.C2H4O2/c1-2-9-3(8)4(5,6)7;1-2(3)4/h2H2,1H3;1H3,(H,3,4). The molecule has 4 nitrogen and oxygen atoms in total. The highest BCUT2D eigenvalue weighted by Crippen LogP contribution is 2.15. The third-order valence-electron chi connectivity index (χ3n) is 0.507. The van der Waals surface area contributed by atoms with E-state index in [2.05, 4.69) is 4.74 Å². The van der Waals surface area contributed by atoms with Crippen LogP contribution in [0.25, 0.3) is 0 Å². The molecule has 0 unspecified atom stereocenters. The molecule has 78 valence electrons. The van der Waals surface area contributed by atoms with Gasteiger partial charge < -0.3 is 9.84 Å². The summed E-state index contributed by atoms with van der Waals surface area (Å²) in [5.74, 6) is -2.97. The van der Waals surface area contributed by atoms with Gasteiger partial charge in [0.15, 0.2) is 0 Å². The first-order chi connectivity index (χ1) is 5.71. The highest BCUT2D eigenvalue weighted by atomic mass is 19.4. The third-order valence-corrected chi connectivity index (χ3v) is 0.507. The molecule has 0 rings (SSSR count). The van der Waals surface area contributed by atoms with Crippen LogP contribution in [0.3, 0.4) is 0 Å². The van der Waals surface area contributed by atoms with Gasteiger partial charge in [0, 0.05) is 6.92 Å². The number of rotatable bonds is 1. The van der Waals surface area contributed by atoms with Gasteiger partial charge in [0.1, 0.15) is 0 Å². The molecule has 0 bridgehead atoms. The summed E-state index contributed by atoms with van der Waals surface area (Å²) < 4.78 is 37.1. The molecule has 0 aromatic heterocycles. The second-order valence-electron chi connectivity index (χ2n) is 1.74. The number of hydrogen-bond acceptors (Lipinski definition) is 3.